The molecular weight excluding hydrogens is 243 g/mol. The van der Waals surface area contributed by atoms with Crippen LogP contribution in [-0.4, -0.2) is 27.4 Å². The van der Waals surface area contributed by atoms with Gasteiger partial charge in [0.15, 0.2) is 6.10 Å². The van der Waals surface area contributed by atoms with E-state index in [4.69, 9.17) is 33.4 Å². The van der Waals surface area contributed by atoms with E-state index in [0.717, 1.165) is 0 Å². The molecule has 0 fully saturated rings. The SMILES string of the molecule is O=C(O)[C@H](O)[C@@H](O)c1ccc(Cl)c(Cl)c1. The van der Waals surface area contributed by atoms with Gasteiger partial charge < -0.3 is 15.3 Å². The van der Waals surface area contributed by atoms with Crippen LogP contribution in [-0.2, 0) is 4.79 Å². The van der Waals surface area contributed by atoms with Crippen molar-refractivity contribution in [1.82, 2.24) is 0 Å². The summed E-state index contributed by atoms with van der Waals surface area (Å²) in [5, 5.41) is 27.5. The highest BCUT2D eigenvalue weighted by Gasteiger charge is 2.25. The fourth-order valence-electron chi connectivity index (χ4n) is 1.01. The molecule has 2 atom stereocenters. The van der Waals surface area contributed by atoms with Crippen LogP contribution >= 0.6 is 23.2 Å². The van der Waals surface area contributed by atoms with Crippen LogP contribution in [0, 0.1) is 0 Å². The van der Waals surface area contributed by atoms with Gasteiger partial charge >= 0.3 is 5.97 Å². The highest BCUT2D eigenvalue weighted by Crippen LogP contribution is 2.26. The number of rotatable bonds is 3. The number of aliphatic hydroxyl groups excluding tert-OH is 2. The van der Waals surface area contributed by atoms with Crippen molar-refractivity contribution in [3.63, 3.8) is 0 Å². The van der Waals surface area contributed by atoms with Gasteiger partial charge in [0, 0.05) is 0 Å². The van der Waals surface area contributed by atoms with Gasteiger partial charge in [-0.05, 0) is 17.7 Å². The van der Waals surface area contributed by atoms with Crippen LogP contribution in [0.25, 0.3) is 0 Å². The molecule has 0 aliphatic rings. The standard InChI is InChI=1S/C9H8Cl2O4/c10-5-2-1-4(3-6(5)11)7(12)8(13)9(14)15/h1-3,7-8,12-13H,(H,14,15)/t7-,8+/m0/s1. The number of carbonyl (C=O) groups is 1. The summed E-state index contributed by atoms with van der Waals surface area (Å²) in [5.41, 5.74) is 0.194. The van der Waals surface area contributed by atoms with E-state index in [-0.39, 0.29) is 15.6 Å². The fraction of sp³-hybridized carbons (Fsp3) is 0.222. The highest BCUT2D eigenvalue weighted by atomic mass is 35.5. The second-order valence-corrected chi connectivity index (χ2v) is 3.72. The van der Waals surface area contributed by atoms with Crippen molar-refractivity contribution in [2.24, 2.45) is 0 Å². The Morgan fingerprint density at radius 1 is 1.20 bits per heavy atom. The monoisotopic (exact) mass is 250 g/mol. The molecule has 3 N–H and O–H groups in total. The lowest BCUT2D eigenvalue weighted by atomic mass is 10.0. The van der Waals surface area contributed by atoms with Gasteiger partial charge in [-0.3, -0.25) is 0 Å². The zero-order valence-electron chi connectivity index (χ0n) is 7.39. The maximum atomic E-state index is 10.4. The summed E-state index contributed by atoms with van der Waals surface area (Å²) < 4.78 is 0. The van der Waals surface area contributed by atoms with E-state index in [2.05, 4.69) is 0 Å². The maximum absolute atomic E-state index is 10.4. The molecule has 4 nitrogen and oxygen atoms in total. The van der Waals surface area contributed by atoms with Crippen LogP contribution in [0.15, 0.2) is 18.2 Å². The Balaban J connectivity index is 2.96. The lowest BCUT2D eigenvalue weighted by Gasteiger charge is -2.14. The van der Waals surface area contributed by atoms with Gasteiger partial charge in [-0.2, -0.15) is 0 Å². The van der Waals surface area contributed by atoms with Crippen molar-refractivity contribution in [2.45, 2.75) is 12.2 Å². The number of carboxylic acid groups (broad SMARTS) is 1. The van der Waals surface area contributed by atoms with Crippen molar-refractivity contribution >= 4 is 29.2 Å². The van der Waals surface area contributed by atoms with E-state index in [1.54, 1.807) is 0 Å². The summed E-state index contributed by atoms with van der Waals surface area (Å²) in [6, 6.07) is 4.11. The molecule has 0 bridgehead atoms. The molecule has 0 amide bonds. The van der Waals surface area contributed by atoms with Crippen molar-refractivity contribution in [3.8, 4) is 0 Å². The van der Waals surface area contributed by atoms with E-state index >= 15 is 0 Å². The second-order valence-electron chi connectivity index (χ2n) is 2.90. The molecule has 0 aromatic heterocycles. The first-order chi connectivity index (χ1) is 6.93. The quantitative estimate of drug-likeness (QED) is 0.760. The van der Waals surface area contributed by atoms with Crippen LogP contribution in [0.1, 0.15) is 11.7 Å². The molecule has 1 rings (SSSR count). The zero-order valence-corrected chi connectivity index (χ0v) is 8.90. The van der Waals surface area contributed by atoms with E-state index in [1.807, 2.05) is 0 Å². The Labute approximate surface area is 95.7 Å². The second kappa shape index (κ2) is 4.81. The van der Waals surface area contributed by atoms with Crippen molar-refractivity contribution in [3.05, 3.63) is 33.8 Å². The Bertz CT molecular complexity index is 380. The molecule has 0 heterocycles. The van der Waals surface area contributed by atoms with Crippen molar-refractivity contribution < 1.29 is 20.1 Å². The minimum Gasteiger partial charge on any atom is -0.479 e. The van der Waals surface area contributed by atoms with E-state index in [1.165, 1.54) is 18.2 Å². The number of hydrogen-bond donors (Lipinski definition) is 3. The number of carboxylic acids is 1. The molecule has 0 unspecified atom stereocenters. The predicted molar refractivity (Wildman–Crippen MR) is 55.1 cm³/mol. The number of hydrogen-bond acceptors (Lipinski definition) is 3. The van der Waals surface area contributed by atoms with E-state index in [9.17, 15) is 9.90 Å². The largest absolute Gasteiger partial charge is 0.479 e. The Morgan fingerprint density at radius 2 is 1.80 bits per heavy atom. The summed E-state index contributed by atoms with van der Waals surface area (Å²) in [5.74, 6) is -1.51. The minimum absolute atomic E-state index is 0.186. The molecule has 15 heavy (non-hydrogen) atoms. The van der Waals surface area contributed by atoms with Crippen LogP contribution in [0.4, 0.5) is 0 Å². The van der Waals surface area contributed by atoms with Gasteiger partial charge in [0.2, 0.25) is 0 Å². The molecule has 1 aromatic rings. The van der Waals surface area contributed by atoms with Crippen LogP contribution < -0.4 is 0 Å². The van der Waals surface area contributed by atoms with Crippen LogP contribution in [0.5, 0.6) is 0 Å². The molecule has 0 saturated heterocycles. The fourth-order valence-corrected chi connectivity index (χ4v) is 1.32. The third kappa shape index (κ3) is 2.82. The van der Waals surface area contributed by atoms with Gasteiger partial charge in [0.1, 0.15) is 6.10 Å². The molecule has 0 spiro atoms. The lowest BCUT2D eigenvalue weighted by molar-refractivity contribution is -0.153. The summed E-state index contributed by atoms with van der Waals surface area (Å²) in [6.45, 7) is 0. The van der Waals surface area contributed by atoms with Crippen molar-refractivity contribution in [2.75, 3.05) is 0 Å². The summed E-state index contributed by atoms with van der Waals surface area (Å²) >= 11 is 11.3. The molecule has 0 aliphatic heterocycles. The van der Waals surface area contributed by atoms with E-state index < -0.39 is 18.2 Å². The Kier molecular flexibility index (Phi) is 3.93. The summed E-state index contributed by atoms with van der Waals surface area (Å²) in [7, 11) is 0. The first-order valence-electron chi connectivity index (χ1n) is 3.97. The van der Waals surface area contributed by atoms with Gasteiger partial charge in [0.05, 0.1) is 10.0 Å². The number of aliphatic hydroxyl groups is 2. The molecule has 0 radical (unpaired) electrons. The highest BCUT2D eigenvalue weighted by molar-refractivity contribution is 6.42. The first-order valence-corrected chi connectivity index (χ1v) is 4.73. The van der Waals surface area contributed by atoms with Crippen LogP contribution in [0.3, 0.4) is 0 Å². The number of benzene rings is 1. The average Bonchev–Trinajstić information content (AvgIpc) is 2.19. The summed E-state index contributed by atoms with van der Waals surface area (Å²) in [6.07, 6.45) is -3.42. The zero-order chi connectivity index (χ0) is 11.6. The average molecular weight is 251 g/mol. The number of halogens is 2. The smallest absolute Gasteiger partial charge is 0.335 e. The van der Waals surface area contributed by atoms with Gasteiger partial charge in [0.25, 0.3) is 0 Å². The third-order valence-corrected chi connectivity index (χ3v) is 2.58. The minimum atomic E-state index is -1.89. The third-order valence-electron chi connectivity index (χ3n) is 1.84. The van der Waals surface area contributed by atoms with Gasteiger partial charge in [-0.25, -0.2) is 4.79 Å². The molecule has 6 heteroatoms. The Hall–Kier alpha value is -0.810. The van der Waals surface area contributed by atoms with Crippen LogP contribution in [0.2, 0.25) is 10.0 Å². The maximum Gasteiger partial charge on any atom is 0.335 e. The van der Waals surface area contributed by atoms with Crippen molar-refractivity contribution in [1.29, 1.82) is 0 Å². The molecule has 82 valence electrons. The van der Waals surface area contributed by atoms with E-state index in [0.29, 0.717) is 0 Å². The van der Waals surface area contributed by atoms with Gasteiger partial charge in [-0.15, -0.1) is 0 Å². The predicted octanol–water partition coefficient (Wildman–Crippen LogP) is 1.47. The molecule has 0 saturated carbocycles. The molecule has 0 aliphatic carbocycles. The molecular formula is C9H8Cl2O4. The summed E-state index contributed by atoms with van der Waals surface area (Å²) in [4.78, 5) is 10.4. The molecule has 1 aromatic carbocycles. The topological polar surface area (TPSA) is 77.8 Å². The van der Waals surface area contributed by atoms with Gasteiger partial charge in [-0.1, -0.05) is 29.3 Å². The Morgan fingerprint density at radius 3 is 2.27 bits per heavy atom. The number of aliphatic carboxylic acids is 1. The lowest BCUT2D eigenvalue weighted by Crippen LogP contribution is -2.27. The first kappa shape index (κ1) is 12.3. The normalized spacial score (nSPS) is 14.7.